The van der Waals surface area contributed by atoms with Crippen LogP contribution in [0.4, 0.5) is 10.9 Å². The number of nitrogen functional groups attached to an aromatic ring is 1. The first kappa shape index (κ1) is 14.1. The highest BCUT2D eigenvalue weighted by molar-refractivity contribution is 7.18. The van der Waals surface area contributed by atoms with Crippen LogP contribution in [0, 0.1) is 5.92 Å². The third-order valence-corrected chi connectivity index (χ3v) is 4.72. The largest absolute Gasteiger partial charge is 0.382 e. The maximum absolute atomic E-state index is 12.1. The minimum absolute atomic E-state index is 0.0784. The van der Waals surface area contributed by atoms with Gasteiger partial charge >= 0.3 is 0 Å². The summed E-state index contributed by atoms with van der Waals surface area (Å²) < 4.78 is 0. The van der Waals surface area contributed by atoms with Gasteiger partial charge in [0.05, 0.1) is 0 Å². The predicted octanol–water partition coefficient (Wildman–Crippen LogP) is 2.10. The highest BCUT2D eigenvalue weighted by Gasteiger charge is 2.28. The SMILES string of the molecule is CCN(CC)c1nc(N)c(C(=O)NC2CC(C)C2)s1. The van der Waals surface area contributed by atoms with Crippen LogP contribution >= 0.6 is 11.3 Å². The molecule has 1 aliphatic rings. The molecule has 6 heteroatoms. The summed E-state index contributed by atoms with van der Waals surface area (Å²) in [5.41, 5.74) is 5.86. The minimum atomic E-state index is -0.0784. The van der Waals surface area contributed by atoms with Crippen molar-refractivity contribution >= 4 is 28.2 Å². The van der Waals surface area contributed by atoms with Gasteiger partial charge in [-0.2, -0.15) is 0 Å². The van der Waals surface area contributed by atoms with Gasteiger partial charge in [-0.05, 0) is 32.6 Å². The van der Waals surface area contributed by atoms with Gasteiger partial charge in [-0.3, -0.25) is 4.79 Å². The molecule has 2 rings (SSSR count). The molecule has 106 valence electrons. The third kappa shape index (κ3) is 3.00. The van der Waals surface area contributed by atoms with Crippen LogP contribution in [0.1, 0.15) is 43.3 Å². The van der Waals surface area contributed by atoms with E-state index in [-0.39, 0.29) is 5.91 Å². The van der Waals surface area contributed by atoms with Gasteiger partial charge in [-0.1, -0.05) is 18.3 Å². The van der Waals surface area contributed by atoms with Gasteiger partial charge in [0.25, 0.3) is 5.91 Å². The molecule has 0 spiro atoms. The van der Waals surface area contributed by atoms with Crippen LogP contribution in [0.15, 0.2) is 0 Å². The third-order valence-electron chi connectivity index (χ3n) is 3.59. The van der Waals surface area contributed by atoms with Gasteiger partial charge in [0.2, 0.25) is 0 Å². The van der Waals surface area contributed by atoms with Crippen molar-refractivity contribution in [2.75, 3.05) is 23.7 Å². The molecule has 0 atom stereocenters. The van der Waals surface area contributed by atoms with Crippen molar-refractivity contribution in [1.29, 1.82) is 0 Å². The number of nitrogens with two attached hydrogens (primary N) is 1. The topological polar surface area (TPSA) is 71.2 Å². The lowest BCUT2D eigenvalue weighted by Gasteiger charge is -2.33. The molecule has 0 unspecified atom stereocenters. The Morgan fingerprint density at radius 3 is 2.63 bits per heavy atom. The summed E-state index contributed by atoms with van der Waals surface area (Å²) >= 11 is 1.38. The van der Waals surface area contributed by atoms with E-state index in [0.29, 0.717) is 16.7 Å². The highest BCUT2D eigenvalue weighted by atomic mass is 32.1. The Morgan fingerprint density at radius 1 is 1.47 bits per heavy atom. The zero-order chi connectivity index (χ0) is 14.0. The molecule has 0 bridgehead atoms. The lowest BCUT2D eigenvalue weighted by Crippen LogP contribution is -2.43. The van der Waals surface area contributed by atoms with Crippen molar-refractivity contribution in [3.63, 3.8) is 0 Å². The molecular weight excluding hydrogens is 260 g/mol. The average molecular weight is 282 g/mol. The predicted molar refractivity (Wildman–Crippen MR) is 79.7 cm³/mol. The molecule has 1 fully saturated rings. The van der Waals surface area contributed by atoms with Crippen molar-refractivity contribution in [3.05, 3.63) is 4.88 Å². The molecule has 1 amide bonds. The van der Waals surface area contributed by atoms with E-state index in [9.17, 15) is 4.79 Å². The molecular formula is C13H22N4OS. The standard InChI is InChI=1S/C13H22N4OS/c1-4-17(5-2)13-16-11(14)10(19-13)12(18)15-9-6-8(3)7-9/h8-9H,4-7,14H2,1-3H3,(H,15,18). The first-order valence-corrected chi connectivity index (χ1v) is 7.68. The van der Waals surface area contributed by atoms with E-state index in [1.165, 1.54) is 11.3 Å². The van der Waals surface area contributed by atoms with E-state index in [2.05, 4.69) is 36.0 Å². The molecule has 3 N–H and O–H groups in total. The molecule has 1 aliphatic carbocycles. The van der Waals surface area contributed by atoms with E-state index < -0.39 is 0 Å². The summed E-state index contributed by atoms with van der Waals surface area (Å²) in [6.45, 7) is 8.06. The molecule has 1 saturated carbocycles. The van der Waals surface area contributed by atoms with Crippen LogP contribution in [0.2, 0.25) is 0 Å². The number of carbonyl (C=O) groups is 1. The first-order chi connectivity index (χ1) is 9.05. The Hall–Kier alpha value is -1.30. The zero-order valence-corrected chi connectivity index (χ0v) is 12.6. The Morgan fingerprint density at radius 2 is 2.11 bits per heavy atom. The number of nitrogens with zero attached hydrogens (tertiary/aromatic N) is 2. The van der Waals surface area contributed by atoms with E-state index in [4.69, 9.17) is 5.73 Å². The first-order valence-electron chi connectivity index (χ1n) is 6.87. The van der Waals surface area contributed by atoms with Crippen molar-refractivity contribution in [1.82, 2.24) is 10.3 Å². The molecule has 1 aromatic heterocycles. The van der Waals surface area contributed by atoms with E-state index in [1.54, 1.807) is 0 Å². The second kappa shape index (κ2) is 5.77. The number of thiazole rings is 1. The number of hydrogen-bond donors (Lipinski definition) is 2. The Balaban J connectivity index is 2.05. The molecule has 0 radical (unpaired) electrons. The number of amides is 1. The molecule has 1 heterocycles. The fraction of sp³-hybridized carbons (Fsp3) is 0.692. The van der Waals surface area contributed by atoms with Crippen LogP contribution < -0.4 is 16.0 Å². The summed E-state index contributed by atoms with van der Waals surface area (Å²) in [6, 6.07) is 0.306. The molecule has 5 nitrogen and oxygen atoms in total. The summed E-state index contributed by atoms with van der Waals surface area (Å²) in [5, 5.41) is 3.85. The number of carbonyl (C=O) groups excluding carboxylic acids is 1. The van der Waals surface area contributed by atoms with Gasteiger partial charge in [0.15, 0.2) is 5.13 Å². The monoisotopic (exact) mass is 282 g/mol. The van der Waals surface area contributed by atoms with Gasteiger partial charge in [0, 0.05) is 19.1 Å². The summed E-state index contributed by atoms with van der Waals surface area (Å²) in [4.78, 5) is 19.1. The number of aromatic nitrogens is 1. The van der Waals surface area contributed by atoms with Crippen LogP contribution in [-0.2, 0) is 0 Å². The van der Waals surface area contributed by atoms with E-state index >= 15 is 0 Å². The minimum Gasteiger partial charge on any atom is -0.382 e. The lowest BCUT2D eigenvalue weighted by molar-refractivity contribution is 0.0901. The number of nitrogens with one attached hydrogen (secondary N) is 1. The van der Waals surface area contributed by atoms with Crippen LogP contribution in [-0.4, -0.2) is 30.0 Å². The average Bonchev–Trinajstić information content (AvgIpc) is 2.71. The Kier molecular flexibility index (Phi) is 4.29. The van der Waals surface area contributed by atoms with E-state index in [1.807, 2.05) is 0 Å². The maximum atomic E-state index is 12.1. The van der Waals surface area contributed by atoms with Crippen molar-refractivity contribution in [2.45, 2.75) is 39.7 Å². The lowest BCUT2D eigenvalue weighted by atomic mass is 9.82. The number of anilines is 2. The number of rotatable bonds is 5. The molecule has 0 aromatic carbocycles. The fourth-order valence-electron chi connectivity index (χ4n) is 2.38. The van der Waals surface area contributed by atoms with Gasteiger partial charge in [-0.15, -0.1) is 0 Å². The molecule has 1 aromatic rings. The van der Waals surface area contributed by atoms with Gasteiger partial charge in [0.1, 0.15) is 10.7 Å². The second-order valence-electron chi connectivity index (χ2n) is 5.13. The summed E-state index contributed by atoms with van der Waals surface area (Å²) in [6.07, 6.45) is 2.13. The van der Waals surface area contributed by atoms with Gasteiger partial charge in [-0.25, -0.2) is 4.98 Å². The smallest absolute Gasteiger partial charge is 0.265 e. The van der Waals surface area contributed by atoms with E-state index in [0.717, 1.165) is 37.0 Å². The quantitative estimate of drug-likeness (QED) is 0.867. The van der Waals surface area contributed by atoms with Gasteiger partial charge < -0.3 is 16.0 Å². The zero-order valence-electron chi connectivity index (χ0n) is 11.8. The molecule has 0 aliphatic heterocycles. The van der Waals surface area contributed by atoms with Crippen LogP contribution in [0.3, 0.4) is 0 Å². The van der Waals surface area contributed by atoms with Crippen LogP contribution in [0.25, 0.3) is 0 Å². The second-order valence-corrected chi connectivity index (χ2v) is 6.11. The number of hydrogen-bond acceptors (Lipinski definition) is 5. The van der Waals surface area contributed by atoms with Crippen LogP contribution in [0.5, 0.6) is 0 Å². The normalized spacial score (nSPS) is 21.8. The Labute approximate surface area is 118 Å². The van der Waals surface area contributed by atoms with Crippen molar-refractivity contribution in [3.8, 4) is 0 Å². The molecule has 0 saturated heterocycles. The van der Waals surface area contributed by atoms with Crippen molar-refractivity contribution < 1.29 is 4.79 Å². The Bertz CT molecular complexity index is 449. The maximum Gasteiger partial charge on any atom is 0.265 e. The van der Waals surface area contributed by atoms with Crippen molar-refractivity contribution in [2.24, 2.45) is 5.92 Å². The summed E-state index contributed by atoms with van der Waals surface area (Å²) in [7, 11) is 0. The highest BCUT2D eigenvalue weighted by Crippen LogP contribution is 2.30. The fourth-order valence-corrected chi connectivity index (χ4v) is 3.40. The molecule has 19 heavy (non-hydrogen) atoms. The summed E-state index contributed by atoms with van der Waals surface area (Å²) in [5.74, 6) is 0.984.